The lowest BCUT2D eigenvalue weighted by Crippen LogP contribution is -2.50. The topological polar surface area (TPSA) is 35.6 Å². The van der Waals surface area contributed by atoms with Crippen molar-refractivity contribution in [3.8, 4) is 0 Å². The van der Waals surface area contributed by atoms with E-state index in [1.54, 1.807) is 6.07 Å². The van der Waals surface area contributed by atoms with Gasteiger partial charge in [0.05, 0.1) is 0 Å². The Morgan fingerprint density at radius 2 is 1.76 bits per heavy atom. The maximum atomic E-state index is 12.5. The van der Waals surface area contributed by atoms with Gasteiger partial charge in [-0.25, -0.2) is 4.79 Å². The van der Waals surface area contributed by atoms with Gasteiger partial charge in [-0.2, -0.15) is 0 Å². The van der Waals surface area contributed by atoms with Crippen molar-refractivity contribution in [2.24, 2.45) is 0 Å². The number of nitrogens with zero attached hydrogens (tertiary/aromatic N) is 2. The molecule has 4 nitrogen and oxygen atoms in total. The third-order valence-electron chi connectivity index (χ3n) is 4.72. The number of anilines is 2. The molecule has 1 heterocycles. The molecule has 1 aliphatic heterocycles. The maximum Gasteiger partial charge on any atom is 0.321 e. The van der Waals surface area contributed by atoms with E-state index in [9.17, 15) is 4.79 Å². The highest BCUT2D eigenvalue weighted by Gasteiger charge is 2.21. The summed E-state index contributed by atoms with van der Waals surface area (Å²) in [5.74, 6) is 0. The van der Waals surface area contributed by atoms with Crippen molar-refractivity contribution in [3.63, 3.8) is 0 Å². The average Bonchev–Trinajstić information content (AvgIpc) is 2.65. The number of nitrogens with one attached hydrogen (secondary N) is 1. The largest absolute Gasteiger partial charge is 0.368 e. The normalized spacial score (nSPS) is 14.5. The Bertz CT molecular complexity index is 737. The van der Waals surface area contributed by atoms with Gasteiger partial charge in [-0.3, -0.25) is 0 Å². The van der Waals surface area contributed by atoms with E-state index in [1.165, 1.54) is 11.3 Å². The summed E-state index contributed by atoms with van der Waals surface area (Å²) >= 11 is 6.02. The van der Waals surface area contributed by atoms with Crippen LogP contribution in [0.4, 0.5) is 16.2 Å². The summed E-state index contributed by atoms with van der Waals surface area (Å²) in [5, 5.41) is 3.60. The lowest BCUT2D eigenvalue weighted by atomic mass is 10.1. The Morgan fingerprint density at radius 3 is 2.40 bits per heavy atom. The number of hydrogen-bond donors (Lipinski definition) is 1. The highest BCUT2D eigenvalue weighted by Crippen LogP contribution is 2.21. The second-order valence-corrected chi connectivity index (χ2v) is 6.82. The Hall–Kier alpha value is -2.20. The Balaban J connectivity index is 1.57. The van der Waals surface area contributed by atoms with Crippen molar-refractivity contribution in [1.82, 2.24) is 4.90 Å². The zero-order valence-electron chi connectivity index (χ0n) is 14.8. The van der Waals surface area contributed by atoms with Gasteiger partial charge in [0.15, 0.2) is 0 Å². The van der Waals surface area contributed by atoms with Gasteiger partial charge in [-0.05, 0) is 48.7 Å². The molecule has 2 amide bonds. The minimum absolute atomic E-state index is 0.0636. The first-order chi connectivity index (χ1) is 12.1. The molecular weight excluding hydrogens is 334 g/mol. The van der Waals surface area contributed by atoms with E-state index in [2.05, 4.69) is 41.4 Å². The molecule has 0 saturated carbocycles. The van der Waals surface area contributed by atoms with Crippen LogP contribution >= 0.6 is 11.6 Å². The first-order valence-electron chi connectivity index (χ1n) is 8.73. The molecule has 2 aromatic carbocycles. The predicted molar refractivity (Wildman–Crippen MR) is 105 cm³/mol. The number of rotatable bonds is 3. The highest BCUT2D eigenvalue weighted by atomic mass is 35.5. The van der Waals surface area contributed by atoms with E-state index >= 15 is 0 Å². The fourth-order valence-electron chi connectivity index (χ4n) is 3.03. The number of piperazine rings is 1. The number of carbonyl (C=O) groups excluding carboxylic acids is 1. The molecule has 0 spiro atoms. The van der Waals surface area contributed by atoms with E-state index < -0.39 is 0 Å². The summed E-state index contributed by atoms with van der Waals surface area (Å²) < 4.78 is 0. The molecule has 0 radical (unpaired) electrons. The fourth-order valence-corrected chi connectivity index (χ4v) is 3.21. The zero-order chi connectivity index (χ0) is 17.8. The Labute approximate surface area is 154 Å². The van der Waals surface area contributed by atoms with Crippen LogP contribution in [0.5, 0.6) is 0 Å². The highest BCUT2D eigenvalue weighted by molar-refractivity contribution is 6.31. The summed E-state index contributed by atoms with van der Waals surface area (Å²) in [6.45, 7) is 7.22. The van der Waals surface area contributed by atoms with Gasteiger partial charge < -0.3 is 15.1 Å². The number of hydrogen-bond acceptors (Lipinski definition) is 2. The molecule has 1 saturated heterocycles. The van der Waals surface area contributed by atoms with Crippen LogP contribution in [0.3, 0.4) is 0 Å². The Morgan fingerprint density at radius 1 is 1.08 bits per heavy atom. The number of amides is 2. The molecule has 1 fully saturated rings. The standard InChI is InChI=1S/C20H24ClN3O/c1-3-16-5-8-18(9-6-16)23-10-12-24(13-11-23)20(25)22-19-14-17(21)7-4-15(19)2/h4-9,14H,3,10-13H2,1-2H3,(H,22,25). The van der Waals surface area contributed by atoms with Crippen molar-refractivity contribution >= 4 is 29.0 Å². The van der Waals surface area contributed by atoms with Crippen LogP contribution < -0.4 is 10.2 Å². The number of aryl methyl sites for hydroxylation is 2. The van der Waals surface area contributed by atoms with Crippen molar-refractivity contribution in [1.29, 1.82) is 0 Å². The van der Waals surface area contributed by atoms with Crippen LogP contribution in [-0.4, -0.2) is 37.1 Å². The number of benzene rings is 2. The van der Waals surface area contributed by atoms with Gasteiger partial charge >= 0.3 is 6.03 Å². The minimum atomic E-state index is -0.0636. The molecule has 3 rings (SSSR count). The van der Waals surface area contributed by atoms with E-state index in [4.69, 9.17) is 11.6 Å². The molecule has 1 aliphatic rings. The second-order valence-electron chi connectivity index (χ2n) is 6.38. The summed E-state index contributed by atoms with van der Waals surface area (Å²) in [5.41, 5.74) is 4.35. The quantitative estimate of drug-likeness (QED) is 0.873. The molecule has 0 atom stereocenters. The van der Waals surface area contributed by atoms with Gasteiger partial charge in [0.25, 0.3) is 0 Å². The number of carbonyl (C=O) groups is 1. The van der Waals surface area contributed by atoms with Crippen LogP contribution in [0.15, 0.2) is 42.5 Å². The minimum Gasteiger partial charge on any atom is -0.368 e. The van der Waals surface area contributed by atoms with Gasteiger partial charge in [0.2, 0.25) is 0 Å². The molecule has 25 heavy (non-hydrogen) atoms. The van der Waals surface area contributed by atoms with Gasteiger partial charge in [-0.1, -0.05) is 36.7 Å². The van der Waals surface area contributed by atoms with Crippen molar-refractivity contribution in [2.75, 3.05) is 36.4 Å². The summed E-state index contributed by atoms with van der Waals surface area (Å²) in [4.78, 5) is 16.7. The van der Waals surface area contributed by atoms with Gasteiger partial charge in [0.1, 0.15) is 0 Å². The number of halogens is 1. The van der Waals surface area contributed by atoms with Crippen molar-refractivity contribution < 1.29 is 4.79 Å². The van der Waals surface area contributed by atoms with Gasteiger partial charge in [-0.15, -0.1) is 0 Å². The van der Waals surface area contributed by atoms with E-state index in [-0.39, 0.29) is 6.03 Å². The van der Waals surface area contributed by atoms with Crippen molar-refractivity contribution in [3.05, 3.63) is 58.6 Å². The third kappa shape index (κ3) is 4.26. The van der Waals surface area contributed by atoms with Gasteiger partial charge in [0, 0.05) is 42.6 Å². The third-order valence-corrected chi connectivity index (χ3v) is 4.95. The first kappa shape index (κ1) is 17.6. The lowest BCUT2D eigenvalue weighted by Gasteiger charge is -2.36. The molecule has 0 aromatic heterocycles. The molecule has 2 aromatic rings. The van der Waals surface area contributed by atoms with Crippen LogP contribution in [-0.2, 0) is 6.42 Å². The molecular formula is C20H24ClN3O. The average molecular weight is 358 g/mol. The van der Waals surface area contributed by atoms with Crippen LogP contribution in [0.25, 0.3) is 0 Å². The summed E-state index contributed by atoms with van der Waals surface area (Å²) in [6, 6.07) is 14.2. The Kier molecular flexibility index (Phi) is 5.49. The molecule has 0 unspecified atom stereocenters. The van der Waals surface area contributed by atoms with Crippen LogP contribution in [0, 0.1) is 6.92 Å². The lowest BCUT2D eigenvalue weighted by molar-refractivity contribution is 0.208. The van der Waals surface area contributed by atoms with Crippen LogP contribution in [0.2, 0.25) is 5.02 Å². The monoisotopic (exact) mass is 357 g/mol. The second kappa shape index (κ2) is 7.79. The summed E-state index contributed by atoms with van der Waals surface area (Å²) in [6.07, 6.45) is 1.05. The van der Waals surface area contributed by atoms with E-state index in [1.807, 2.05) is 24.0 Å². The molecule has 0 bridgehead atoms. The molecule has 132 valence electrons. The first-order valence-corrected chi connectivity index (χ1v) is 9.10. The fraction of sp³-hybridized carbons (Fsp3) is 0.350. The molecule has 0 aliphatic carbocycles. The SMILES string of the molecule is CCc1ccc(N2CCN(C(=O)Nc3cc(Cl)ccc3C)CC2)cc1. The zero-order valence-corrected chi connectivity index (χ0v) is 15.5. The van der Waals surface area contributed by atoms with E-state index in [0.717, 1.165) is 30.8 Å². The number of urea groups is 1. The molecule has 1 N–H and O–H groups in total. The maximum absolute atomic E-state index is 12.5. The van der Waals surface area contributed by atoms with Crippen molar-refractivity contribution in [2.45, 2.75) is 20.3 Å². The predicted octanol–water partition coefficient (Wildman–Crippen LogP) is 4.56. The van der Waals surface area contributed by atoms with E-state index in [0.29, 0.717) is 18.1 Å². The summed E-state index contributed by atoms with van der Waals surface area (Å²) in [7, 11) is 0. The van der Waals surface area contributed by atoms with Crippen LogP contribution in [0.1, 0.15) is 18.1 Å². The molecule has 5 heteroatoms. The smallest absolute Gasteiger partial charge is 0.321 e.